The van der Waals surface area contributed by atoms with Crippen LogP contribution in [0.3, 0.4) is 0 Å². The molecule has 3 heterocycles. The lowest BCUT2D eigenvalue weighted by Gasteiger charge is -2.33. The molecule has 0 spiro atoms. The molecular formula is C17H20O2S. The van der Waals surface area contributed by atoms with Crippen LogP contribution in [0.25, 0.3) is 5.57 Å². The Hall–Kier alpha value is -0.770. The van der Waals surface area contributed by atoms with E-state index in [9.17, 15) is 0 Å². The third-order valence-corrected chi connectivity index (χ3v) is 5.90. The molecular weight excluding hydrogens is 268 g/mol. The SMILES string of the molecule is C1=C(c2ccc(C3OCCO3)cc2)CC2CCCC1S2. The first-order valence-electron chi connectivity index (χ1n) is 7.58. The van der Waals surface area contributed by atoms with Gasteiger partial charge in [-0.3, -0.25) is 0 Å². The zero-order valence-corrected chi connectivity index (χ0v) is 12.4. The Labute approximate surface area is 124 Å². The Kier molecular flexibility index (Phi) is 3.59. The Bertz CT molecular complexity index is 502. The average Bonchev–Trinajstić information content (AvgIpc) is 3.01. The smallest absolute Gasteiger partial charge is 0.184 e. The second-order valence-corrected chi connectivity index (χ2v) is 7.36. The number of allylic oxidation sites excluding steroid dienone is 1. The van der Waals surface area contributed by atoms with Gasteiger partial charge in [-0.05, 0) is 30.4 Å². The maximum absolute atomic E-state index is 5.54. The minimum atomic E-state index is -0.153. The van der Waals surface area contributed by atoms with E-state index in [0.717, 1.165) is 16.1 Å². The van der Waals surface area contributed by atoms with Gasteiger partial charge in [-0.1, -0.05) is 36.8 Å². The summed E-state index contributed by atoms with van der Waals surface area (Å²) in [6, 6.07) is 8.78. The van der Waals surface area contributed by atoms with E-state index in [1.165, 1.54) is 31.2 Å². The number of hydrogen-bond acceptors (Lipinski definition) is 3. The molecule has 2 atom stereocenters. The molecule has 3 aliphatic heterocycles. The van der Waals surface area contributed by atoms with Crippen LogP contribution in [0, 0.1) is 0 Å². The fourth-order valence-electron chi connectivity index (χ4n) is 3.36. The molecule has 4 rings (SSSR count). The van der Waals surface area contributed by atoms with Crippen molar-refractivity contribution < 1.29 is 9.47 Å². The van der Waals surface area contributed by atoms with Gasteiger partial charge in [-0.2, -0.15) is 11.8 Å². The van der Waals surface area contributed by atoms with E-state index in [1.807, 2.05) is 0 Å². The first kappa shape index (κ1) is 12.9. The summed E-state index contributed by atoms with van der Waals surface area (Å²) in [5, 5.41) is 1.59. The van der Waals surface area contributed by atoms with Crippen LogP contribution in [0.2, 0.25) is 0 Å². The van der Waals surface area contributed by atoms with E-state index in [4.69, 9.17) is 9.47 Å². The van der Waals surface area contributed by atoms with E-state index in [-0.39, 0.29) is 6.29 Å². The van der Waals surface area contributed by atoms with Gasteiger partial charge in [0.1, 0.15) is 0 Å². The number of rotatable bonds is 2. The highest BCUT2D eigenvalue weighted by atomic mass is 32.2. The summed E-state index contributed by atoms with van der Waals surface area (Å²) in [6.07, 6.45) is 7.72. The molecule has 1 aromatic rings. The zero-order chi connectivity index (χ0) is 13.4. The second kappa shape index (κ2) is 5.55. The summed E-state index contributed by atoms with van der Waals surface area (Å²) in [6.45, 7) is 1.41. The van der Waals surface area contributed by atoms with Crippen LogP contribution >= 0.6 is 11.8 Å². The van der Waals surface area contributed by atoms with E-state index in [2.05, 4.69) is 42.1 Å². The first-order valence-corrected chi connectivity index (χ1v) is 8.52. The van der Waals surface area contributed by atoms with Crippen LogP contribution in [0.4, 0.5) is 0 Å². The second-order valence-electron chi connectivity index (χ2n) is 5.82. The maximum Gasteiger partial charge on any atom is 0.184 e. The van der Waals surface area contributed by atoms with Gasteiger partial charge in [0.25, 0.3) is 0 Å². The molecule has 2 fully saturated rings. The van der Waals surface area contributed by atoms with Crippen molar-refractivity contribution in [3.63, 3.8) is 0 Å². The average molecular weight is 288 g/mol. The summed E-state index contributed by atoms with van der Waals surface area (Å²) < 4.78 is 11.1. The van der Waals surface area contributed by atoms with Crippen LogP contribution in [0.1, 0.15) is 43.1 Å². The van der Waals surface area contributed by atoms with Gasteiger partial charge in [0.05, 0.1) is 13.2 Å². The molecule has 2 nitrogen and oxygen atoms in total. The molecule has 106 valence electrons. The van der Waals surface area contributed by atoms with Crippen molar-refractivity contribution in [2.75, 3.05) is 13.2 Å². The third kappa shape index (κ3) is 2.54. The molecule has 2 saturated heterocycles. The number of fused-ring (bicyclic) bond motifs is 2. The van der Waals surface area contributed by atoms with Crippen molar-refractivity contribution in [2.24, 2.45) is 0 Å². The van der Waals surface area contributed by atoms with Crippen LogP contribution in [-0.2, 0) is 9.47 Å². The van der Waals surface area contributed by atoms with E-state index >= 15 is 0 Å². The normalized spacial score (nSPS) is 30.3. The van der Waals surface area contributed by atoms with Gasteiger partial charge in [0.2, 0.25) is 0 Å². The van der Waals surface area contributed by atoms with Crippen LogP contribution < -0.4 is 0 Å². The molecule has 0 radical (unpaired) electrons. The molecule has 2 bridgehead atoms. The fraction of sp³-hybridized carbons (Fsp3) is 0.529. The van der Waals surface area contributed by atoms with Gasteiger partial charge in [-0.15, -0.1) is 0 Å². The van der Waals surface area contributed by atoms with Crippen molar-refractivity contribution in [1.29, 1.82) is 0 Å². The summed E-state index contributed by atoms with van der Waals surface area (Å²) in [4.78, 5) is 0. The minimum Gasteiger partial charge on any atom is -0.346 e. The van der Waals surface area contributed by atoms with Gasteiger partial charge in [0, 0.05) is 16.1 Å². The van der Waals surface area contributed by atoms with Gasteiger partial charge in [-0.25, -0.2) is 0 Å². The standard InChI is InChI=1S/C17H20O2S/c1-2-15-10-14(11-16(3-1)20-15)12-4-6-13(7-5-12)17-18-8-9-19-17/h4-7,10,15-17H,1-3,8-9,11H2. The Morgan fingerprint density at radius 3 is 2.55 bits per heavy atom. The van der Waals surface area contributed by atoms with Crippen molar-refractivity contribution in [3.05, 3.63) is 41.5 Å². The van der Waals surface area contributed by atoms with Crippen molar-refractivity contribution in [1.82, 2.24) is 0 Å². The van der Waals surface area contributed by atoms with Crippen molar-refractivity contribution in [2.45, 2.75) is 42.5 Å². The molecule has 0 saturated carbocycles. The number of benzene rings is 1. The maximum atomic E-state index is 5.54. The summed E-state index contributed by atoms with van der Waals surface area (Å²) >= 11 is 2.18. The largest absolute Gasteiger partial charge is 0.346 e. The van der Waals surface area contributed by atoms with Gasteiger partial charge in [0.15, 0.2) is 6.29 Å². The third-order valence-electron chi connectivity index (χ3n) is 4.39. The number of ether oxygens (including phenoxy) is 2. The molecule has 0 aromatic heterocycles. The minimum absolute atomic E-state index is 0.153. The molecule has 0 N–H and O–H groups in total. The van der Waals surface area contributed by atoms with E-state index in [1.54, 1.807) is 5.57 Å². The topological polar surface area (TPSA) is 18.5 Å². The molecule has 3 heteroatoms. The predicted molar refractivity (Wildman–Crippen MR) is 82.7 cm³/mol. The van der Waals surface area contributed by atoms with Gasteiger partial charge < -0.3 is 9.47 Å². The monoisotopic (exact) mass is 288 g/mol. The summed E-state index contributed by atoms with van der Waals surface area (Å²) in [7, 11) is 0. The lowest BCUT2D eigenvalue weighted by Crippen LogP contribution is -2.21. The van der Waals surface area contributed by atoms with Crippen LogP contribution in [0.15, 0.2) is 30.3 Å². The Morgan fingerprint density at radius 2 is 1.80 bits per heavy atom. The summed E-state index contributed by atoms with van der Waals surface area (Å²) in [5.74, 6) is 0. The van der Waals surface area contributed by atoms with Crippen molar-refractivity contribution in [3.8, 4) is 0 Å². The van der Waals surface area contributed by atoms with Gasteiger partial charge >= 0.3 is 0 Å². The quantitative estimate of drug-likeness (QED) is 0.813. The zero-order valence-electron chi connectivity index (χ0n) is 11.6. The van der Waals surface area contributed by atoms with Crippen molar-refractivity contribution >= 4 is 17.3 Å². The molecule has 0 aliphatic carbocycles. The first-order chi connectivity index (χ1) is 9.88. The molecule has 20 heavy (non-hydrogen) atoms. The summed E-state index contributed by atoms with van der Waals surface area (Å²) in [5.41, 5.74) is 4.06. The van der Waals surface area contributed by atoms with Crippen LogP contribution in [-0.4, -0.2) is 23.7 Å². The highest BCUT2D eigenvalue weighted by molar-refractivity contribution is 8.00. The van der Waals surface area contributed by atoms with E-state index in [0.29, 0.717) is 13.2 Å². The highest BCUT2D eigenvalue weighted by Crippen LogP contribution is 2.43. The fourth-order valence-corrected chi connectivity index (χ4v) is 4.98. The molecule has 3 aliphatic rings. The number of thioether (sulfide) groups is 1. The molecule has 0 amide bonds. The predicted octanol–water partition coefficient (Wildman–Crippen LogP) is 4.17. The molecule has 1 aromatic carbocycles. The number of hydrogen-bond donors (Lipinski definition) is 0. The Balaban J connectivity index is 1.55. The lowest BCUT2D eigenvalue weighted by atomic mass is 9.93. The van der Waals surface area contributed by atoms with Crippen LogP contribution in [0.5, 0.6) is 0 Å². The highest BCUT2D eigenvalue weighted by Gasteiger charge is 2.27. The van der Waals surface area contributed by atoms with E-state index < -0.39 is 0 Å². The lowest BCUT2D eigenvalue weighted by molar-refractivity contribution is -0.0441. The molecule has 2 unspecified atom stereocenters. The Morgan fingerprint density at radius 1 is 1.00 bits per heavy atom.